The number of halogens is 3. The molecule has 0 bridgehead atoms. The van der Waals surface area contributed by atoms with Crippen LogP contribution in [0.3, 0.4) is 0 Å². The van der Waals surface area contributed by atoms with Gasteiger partial charge in [0.15, 0.2) is 0 Å². The number of aliphatic hydroxyl groups is 1. The summed E-state index contributed by atoms with van der Waals surface area (Å²) in [6.07, 6.45) is -1.28. The van der Waals surface area contributed by atoms with Crippen LogP contribution in [0.5, 0.6) is 0 Å². The maximum Gasteiger partial charge on any atom is 0.129 e. The fourth-order valence-corrected chi connectivity index (χ4v) is 1.99. The molecule has 94 valence electrons. The molecule has 0 aliphatic carbocycles. The lowest BCUT2D eigenvalue weighted by atomic mass is 9.99. The highest BCUT2D eigenvalue weighted by Crippen LogP contribution is 2.30. The number of hydrogen-bond donors (Lipinski definition) is 1. The molecule has 0 radical (unpaired) electrons. The van der Waals surface area contributed by atoms with Crippen molar-refractivity contribution in [1.29, 1.82) is 0 Å². The number of benzene rings is 2. The van der Waals surface area contributed by atoms with Crippen molar-refractivity contribution in [2.45, 2.75) is 13.0 Å². The van der Waals surface area contributed by atoms with Gasteiger partial charge in [0, 0.05) is 16.1 Å². The molecule has 0 aliphatic heterocycles. The minimum absolute atomic E-state index is 0.0856. The Hall–Kier alpha value is -1.45. The van der Waals surface area contributed by atoms with Gasteiger partial charge in [-0.2, -0.15) is 0 Å². The van der Waals surface area contributed by atoms with Crippen LogP contribution in [-0.2, 0) is 0 Å². The SMILES string of the molecule is Cc1ccc(F)c(C(O)c2cc(F)ccc2Cl)c1. The first kappa shape index (κ1) is 13.0. The normalized spacial score (nSPS) is 12.5. The van der Waals surface area contributed by atoms with Crippen molar-refractivity contribution >= 4 is 11.6 Å². The van der Waals surface area contributed by atoms with Gasteiger partial charge < -0.3 is 5.11 Å². The fourth-order valence-electron chi connectivity index (χ4n) is 1.76. The van der Waals surface area contributed by atoms with E-state index in [1.54, 1.807) is 13.0 Å². The first-order chi connectivity index (χ1) is 8.49. The first-order valence-electron chi connectivity index (χ1n) is 5.38. The molecule has 1 atom stereocenters. The summed E-state index contributed by atoms with van der Waals surface area (Å²) in [7, 11) is 0. The van der Waals surface area contributed by atoms with Crippen molar-refractivity contribution in [3.8, 4) is 0 Å². The average Bonchev–Trinajstić information content (AvgIpc) is 2.34. The molecule has 0 saturated carbocycles. The Morgan fingerprint density at radius 2 is 1.78 bits per heavy atom. The Kier molecular flexibility index (Phi) is 3.64. The van der Waals surface area contributed by atoms with Crippen LogP contribution in [-0.4, -0.2) is 5.11 Å². The van der Waals surface area contributed by atoms with E-state index < -0.39 is 17.7 Å². The van der Waals surface area contributed by atoms with E-state index in [-0.39, 0.29) is 16.1 Å². The van der Waals surface area contributed by atoms with Crippen LogP contribution in [0.2, 0.25) is 5.02 Å². The third-order valence-electron chi connectivity index (χ3n) is 2.70. The minimum Gasteiger partial charge on any atom is -0.383 e. The van der Waals surface area contributed by atoms with E-state index in [9.17, 15) is 13.9 Å². The van der Waals surface area contributed by atoms with Crippen LogP contribution < -0.4 is 0 Å². The summed E-state index contributed by atoms with van der Waals surface area (Å²) in [6, 6.07) is 8.00. The fraction of sp³-hybridized carbons (Fsp3) is 0.143. The molecule has 18 heavy (non-hydrogen) atoms. The molecule has 1 N–H and O–H groups in total. The highest BCUT2D eigenvalue weighted by molar-refractivity contribution is 6.31. The molecule has 0 amide bonds. The van der Waals surface area contributed by atoms with E-state index >= 15 is 0 Å². The molecule has 0 spiro atoms. The van der Waals surface area contributed by atoms with Crippen LogP contribution in [0.4, 0.5) is 8.78 Å². The molecule has 4 heteroatoms. The Labute approximate surface area is 109 Å². The second-order valence-corrected chi connectivity index (χ2v) is 4.50. The molecule has 0 heterocycles. The van der Waals surface area contributed by atoms with Crippen molar-refractivity contribution in [2.75, 3.05) is 0 Å². The predicted octanol–water partition coefficient (Wildman–Crippen LogP) is 4.01. The van der Waals surface area contributed by atoms with E-state index in [0.717, 1.165) is 11.6 Å². The van der Waals surface area contributed by atoms with Crippen molar-refractivity contribution < 1.29 is 13.9 Å². The largest absolute Gasteiger partial charge is 0.383 e. The Morgan fingerprint density at radius 3 is 2.50 bits per heavy atom. The topological polar surface area (TPSA) is 20.2 Å². The first-order valence-corrected chi connectivity index (χ1v) is 5.76. The highest BCUT2D eigenvalue weighted by atomic mass is 35.5. The molecule has 2 aromatic rings. The summed E-state index contributed by atoms with van der Waals surface area (Å²) in [5.41, 5.74) is 1.04. The van der Waals surface area contributed by atoms with Gasteiger partial charge in [0.2, 0.25) is 0 Å². The van der Waals surface area contributed by atoms with E-state index in [0.29, 0.717) is 0 Å². The number of rotatable bonds is 2. The number of hydrogen-bond acceptors (Lipinski definition) is 1. The molecule has 0 saturated heterocycles. The zero-order valence-corrected chi connectivity index (χ0v) is 10.4. The molecule has 2 aromatic carbocycles. The van der Waals surface area contributed by atoms with Gasteiger partial charge in [-0.15, -0.1) is 0 Å². The van der Waals surface area contributed by atoms with Crippen LogP contribution in [0, 0.1) is 18.6 Å². The maximum atomic E-state index is 13.6. The smallest absolute Gasteiger partial charge is 0.129 e. The zero-order chi connectivity index (χ0) is 13.3. The van der Waals surface area contributed by atoms with E-state index in [2.05, 4.69) is 0 Å². The number of aliphatic hydroxyl groups excluding tert-OH is 1. The molecular weight excluding hydrogens is 258 g/mol. The summed E-state index contributed by atoms with van der Waals surface area (Å²) >= 11 is 5.88. The van der Waals surface area contributed by atoms with Gasteiger partial charge in [0.1, 0.15) is 17.7 Å². The molecule has 2 rings (SSSR count). The van der Waals surface area contributed by atoms with Gasteiger partial charge >= 0.3 is 0 Å². The molecule has 1 unspecified atom stereocenters. The maximum absolute atomic E-state index is 13.6. The Balaban J connectivity index is 2.50. The second kappa shape index (κ2) is 5.04. The standard InChI is InChI=1S/C14H11ClF2O/c1-8-2-5-13(17)11(6-8)14(18)10-7-9(16)3-4-12(10)15/h2-7,14,18H,1H3. The van der Waals surface area contributed by atoms with Crippen LogP contribution in [0.25, 0.3) is 0 Å². The van der Waals surface area contributed by atoms with Crippen molar-refractivity contribution in [3.63, 3.8) is 0 Å². The molecular formula is C14H11ClF2O. The average molecular weight is 269 g/mol. The van der Waals surface area contributed by atoms with E-state index in [1.165, 1.54) is 24.3 Å². The van der Waals surface area contributed by atoms with E-state index in [4.69, 9.17) is 11.6 Å². The molecule has 0 fully saturated rings. The number of aryl methyl sites for hydroxylation is 1. The summed E-state index contributed by atoms with van der Waals surface area (Å²) in [5.74, 6) is -1.07. The minimum atomic E-state index is -1.28. The van der Waals surface area contributed by atoms with E-state index in [1.807, 2.05) is 0 Å². The summed E-state index contributed by atoms with van der Waals surface area (Å²) in [5, 5.41) is 10.3. The van der Waals surface area contributed by atoms with Gasteiger partial charge in [-0.3, -0.25) is 0 Å². The van der Waals surface area contributed by atoms with Crippen LogP contribution >= 0.6 is 11.6 Å². The molecule has 0 aliphatic rings. The van der Waals surface area contributed by atoms with Gasteiger partial charge in [-0.05, 0) is 31.2 Å². The van der Waals surface area contributed by atoms with Gasteiger partial charge in [-0.25, -0.2) is 8.78 Å². The van der Waals surface area contributed by atoms with Crippen LogP contribution in [0.15, 0.2) is 36.4 Å². The lowest BCUT2D eigenvalue weighted by Gasteiger charge is -2.14. The zero-order valence-electron chi connectivity index (χ0n) is 9.62. The van der Waals surface area contributed by atoms with Gasteiger partial charge in [-0.1, -0.05) is 29.3 Å². The molecule has 0 aromatic heterocycles. The lowest BCUT2D eigenvalue weighted by molar-refractivity contribution is 0.214. The van der Waals surface area contributed by atoms with Crippen molar-refractivity contribution in [1.82, 2.24) is 0 Å². The van der Waals surface area contributed by atoms with Gasteiger partial charge in [0.05, 0.1) is 0 Å². The van der Waals surface area contributed by atoms with Crippen molar-refractivity contribution in [2.24, 2.45) is 0 Å². The monoisotopic (exact) mass is 268 g/mol. The second-order valence-electron chi connectivity index (χ2n) is 4.09. The lowest BCUT2D eigenvalue weighted by Crippen LogP contribution is -2.04. The predicted molar refractivity (Wildman–Crippen MR) is 66.6 cm³/mol. The third-order valence-corrected chi connectivity index (χ3v) is 3.04. The Bertz CT molecular complexity index is 533. The summed E-state index contributed by atoms with van der Waals surface area (Å²) < 4.78 is 26.8. The van der Waals surface area contributed by atoms with Crippen LogP contribution in [0.1, 0.15) is 22.8 Å². The highest BCUT2D eigenvalue weighted by Gasteiger charge is 2.18. The summed E-state index contributed by atoms with van der Waals surface area (Å²) in [6.45, 7) is 1.78. The summed E-state index contributed by atoms with van der Waals surface area (Å²) in [4.78, 5) is 0. The Morgan fingerprint density at radius 1 is 1.06 bits per heavy atom. The quantitative estimate of drug-likeness (QED) is 0.873. The van der Waals surface area contributed by atoms with Crippen molar-refractivity contribution in [3.05, 3.63) is 69.7 Å². The molecule has 1 nitrogen and oxygen atoms in total. The third kappa shape index (κ3) is 2.52. The van der Waals surface area contributed by atoms with Gasteiger partial charge in [0.25, 0.3) is 0 Å².